The molecule has 3 rings (SSSR count). The molecule has 2 heterocycles. The van der Waals surface area contributed by atoms with E-state index in [1.807, 2.05) is 12.3 Å². The highest BCUT2D eigenvalue weighted by molar-refractivity contribution is 5.68. The summed E-state index contributed by atoms with van der Waals surface area (Å²) in [5, 5.41) is 0. The second kappa shape index (κ2) is 4.63. The van der Waals surface area contributed by atoms with Gasteiger partial charge in [-0.2, -0.15) is 0 Å². The predicted molar refractivity (Wildman–Crippen MR) is 73.4 cm³/mol. The Kier molecular flexibility index (Phi) is 2.82. The van der Waals surface area contributed by atoms with Crippen molar-refractivity contribution >= 4 is 5.52 Å². The Morgan fingerprint density at radius 3 is 2.67 bits per heavy atom. The van der Waals surface area contributed by atoms with Crippen LogP contribution in [0.4, 0.5) is 0 Å². The van der Waals surface area contributed by atoms with E-state index in [4.69, 9.17) is 5.73 Å². The Morgan fingerprint density at radius 2 is 1.89 bits per heavy atom. The Labute approximate surface area is 106 Å². The van der Waals surface area contributed by atoms with Crippen LogP contribution in [0, 0.1) is 0 Å². The maximum absolute atomic E-state index is 5.58. The van der Waals surface area contributed by atoms with E-state index >= 15 is 0 Å². The van der Waals surface area contributed by atoms with Crippen LogP contribution in [0.5, 0.6) is 0 Å². The smallest absolute Gasteiger partial charge is 0.114 e. The molecule has 0 atom stereocenters. The molecule has 0 amide bonds. The van der Waals surface area contributed by atoms with Gasteiger partial charge in [0, 0.05) is 12.6 Å². The molecular weight excluding hydrogens is 222 g/mol. The highest BCUT2D eigenvalue weighted by Crippen LogP contribution is 2.21. The number of nitrogens with zero attached hydrogens (tertiary/aromatic N) is 2. The Hall–Kier alpha value is -2.13. The molecule has 0 saturated carbocycles. The van der Waals surface area contributed by atoms with Crippen LogP contribution in [-0.2, 0) is 6.42 Å². The fourth-order valence-electron chi connectivity index (χ4n) is 2.18. The van der Waals surface area contributed by atoms with Gasteiger partial charge in [0.15, 0.2) is 0 Å². The van der Waals surface area contributed by atoms with E-state index in [-0.39, 0.29) is 0 Å². The van der Waals surface area contributed by atoms with Gasteiger partial charge in [0.1, 0.15) is 5.82 Å². The van der Waals surface area contributed by atoms with Crippen LogP contribution in [0.2, 0.25) is 0 Å². The van der Waals surface area contributed by atoms with Crippen LogP contribution in [-0.4, -0.2) is 15.9 Å². The monoisotopic (exact) mass is 237 g/mol. The zero-order valence-electron chi connectivity index (χ0n) is 10.1. The van der Waals surface area contributed by atoms with E-state index in [1.165, 1.54) is 11.1 Å². The zero-order chi connectivity index (χ0) is 12.4. The van der Waals surface area contributed by atoms with Gasteiger partial charge in [0.25, 0.3) is 0 Å². The average Bonchev–Trinajstić information content (AvgIpc) is 2.83. The minimum Gasteiger partial charge on any atom is -0.330 e. The number of pyridine rings is 1. The maximum atomic E-state index is 5.58. The Morgan fingerprint density at radius 1 is 1.06 bits per heavy atom. The summed E-state index contributed by atoms with van der Waals surface area (Å²) in [5.74, 6) is 1.02. The second-order valence-electron chi connectivity index (χ2n) is 4.29. The molecule has 0 radical (unpaired) electrons. The van der Waals surface area contributed by atoms with Gasteiger partial charge in [-0.1, -0.05) is 30.3 Å². The van der Waals surface area contributed by atoms with Gasteiger partial charge in [0.2, 0.25) is 0 Å². The van der Waals surface area contributed by atoms with Crippen molar-refractivity contribution in [2.45, 2.75) is 6.42 Å². The number of nitrogens with two attached hydrogens (primary N) is 1. The molecule has 0 aliphatic heterocycles. The first-order valence-electron chi connectivity index (χ1n) is 6.10. The third-order valence-corrected chi connectivity index (χ3v) is 3.08. The molecule has 2 aromatic heterocycles. The van der Waals surface area contributed by atoms with Crippen molar-refractivity contribution in [1.29, 1.82) is 0 Å². The van der Waals surface area contributed by atoms with Crippen LogP contribution in [0.1, 0.15) is 5.82 Å². The van der Waals surface area contributed by atoms with Crippen molar-refractivity contribution in [3.05, 3.63) is 60.7 Å². The van der Waals surface area contributed by atoms with E-state index in [0.717, 1.165) is 17.8 Å². The second-order valence-corrected chi connectivity index (χ2v) is 4.29. The first-order valence-corrected chi connectivity index (χ1v) is 6.10. The minimum atomic E-state index is 0.625. The fraction of sp³-hybridized carbons (Fsp3) is 0.133. The molecule has 18 heavy (non-hydrogen) atoms. The molecule has 0 bridgehead atoms. The van der Waals surface area contributed by atoms with Crippen LogP contribution in [0.3, 0.4) is 0 Å². The lowest BCUT2D eigenvalue weighted by Crippen LogP contribution is -2.06. The van der Waals surface area contributed by atoms with Crippen molar-refractivity contribution in [3.8, 4) is 11.1 Å². The molecule has 0 aliphatic carbocycles. The SMILES string of the molecule is NCCc1ncc2cc(-c3ccccc3)ccn12. The summed E-state index contributed by atoms with van der Waals surface area (Å²) in [4.78, 5) is 4.40. The van der Waals surface area contributed by atoms with Gasteiger partial charge < -0.3 is 10.1 Å². The summed E-state index contributed by atoms with van der Waals surface area (Å²) >= 11 is 0. The first kappa shape index (κ1) is 11.0. The summed E-state index contributed by atoms with van der Waals surface area (Å²) < 4.78 is 2.10. The van der Waals surface area contributed by atoms with E-state index in [9.17, 15) is 0 Å². The molecular formula is C15H15N3. The van der Waals surface area contributed by atoms with E-state index in [1.54, 1.807) is 0 Å². The average molecular weight is 237 g/mol. The molecule has 2 N–H and O–H groups in total. The lowest BCUT2D eigenvalue weighted by Gasteiger charge is -2.04. The summed E-state index contributed by atoms with van der Waals surface area (Å²) in [6, 6.07) is 14.6. The van der Waals surface area contributed by atoms with Crippen molar-refractivity contribution in [1.82, 2.24) is 9.38 Å². The van der Waals surface area contributed by atoms with E-state index in [2.05, 4.69) is 52.0 Å². The lowest BCUT2D eigenvalue weighted by atomic mass is 10.1. The molecule has 3 aromatic rings. The van der Waals surface area contributed by atoms with Crippen LogP contribution < -0.4 is 5.73 Å². The Bertz CT molecular complexity index is 656. The van der Waals surface area contributed by atoms with Gasteiger partial charge in [-0.25, -0.2) is 4.98 Å². The van der Waals surface area contributed by atoms with Crippen molar-refractivity contribution in [2.75, 3.05) is 6.54 Å². The van der Waals surface area contributed by atoms with Crippen LogP contribution >= 0.6 is 0 Å². The van der Waals surface area contributed by atoms with Crippen molar-refractivity contribution in [2.24, 2.45) is 5.73 Å². The number of hydrogen-bond donors (Lipinski definition) is 1. The summed E-state index contributed by atoms with van der Waals surface area (Å²) in [6.45, 7) is 0.625. The highest BCUT2D eigenvalue weighted by Gasteiger charge is 2.04. The zero-order valence-corrected chi connectivity index (χ0v) is 10.1. The number of fused-ring (bicyclic) bond motifs is 1. The summed E-state index contributed by atoms with van der Waals surface area (Å²) in [5.41, 5.74) is 9.12. The van der Waals surface area contributed by atoms with Crippen LogP contribution in [0.15, 0.2) is 54.9 Å². The number of imidazole rings is 1. The molecule has 0 spiro atoms. The molecule has 0 fully saturated rings. The lowest BCUT2D eigenvalue weighted by molar-refractivity contribution is 0.863. The first-order chi connectivity index (χ1) is 8.88. The normalized spacial score (nSPS) is 10.9. The maximum Gasteiger partial charge on any atom is 0.114 e. The highest BCUT2D eigenvalue weighted by atomic mass is 15.0. The molecule has 3 heteroatoms. The third-order valence-electron chi connectivity index (χ3n) is 3.08. The molecule has 0 saturated heterocycles. The number of hydrogen-bond acceptors (Lipinski definition) is 2. The van der Waals surface area contributed by atoms with Gasteiger partial charge in [-0.15, -0.1) is 0 Å². The quantitative estimate of drug-likeness (QED) is 0.760. The fourth-order valence-corrected chi connectivity index (χ4v) is 2.18. The number of aromatic nitrogens is 2. The van der Waals surface area contributed by atoms with Gasteiger partial charge in [0.05, 0.1) is 11.7 Å². The molecule has 90 valence electrons. The third kappa shape index (κ3) is 1.89. The van der Waals surface area contributed by atoms with E-state index in [0.29, 0.717) is 6.54 Å². The van der Waals surface area contributed by atoms with Crippen molar-refractivity contribution in [3.63, 3.8) is 0 Å². The topological polar surface area (TPSA) is 43.3 Å². The van der Waals surface area contributed by atoms with Gasteiger partial charge in [-0.05, 0) is 29.8 Å². The van der Waals surface area contributed by atoms with E-state index < -0.39 is 0 Å². The summed E-state index contributed by atoms with van der Waals surface area (Å²) in [7, 11) is 0. The van der Waals surface area contributed by atoms with Gasteiger partial charge >= 0.3 is 0 Å². The van der Waals surface area contributed by atoms with Gasteiger partial charge in [-0.3, -0.25) is 0 Å². The van der Waals surface area contributed by atoms with Crippen molar-refractivity contribution < 1.29 is 0 Å². The summed E-state index contributed by atoms with van der Waals surface area (Å²) in [6.07, 6.45) is 4.77. The largest absolute Gasteiger partial charge is 0.330 e. The number of rotatable bonds is 3. The standard InChI is InChI=1S/C15H15N3/c16-8-6-15-17-11-14-10-13(7-9-18(14)15)12-4-2-1-3-5-12/h1-5,7,9-11H,6,8,16H2. The van der Waals surface area contributed by atoms with Crippen LogP contribution in [0.25, 0.3) is 16.6 Å². The Balaban J connectivity index is 2.07. The molecule has 1 aromatic carbocycles. The molecule has 0 unspecified atom stereocenters. The molecule has 0 aliphatic rings. The predicted octanol–water partition coefficient (Wildman–Crippen LogP) is 2.50. The number of benzene rings is 1. The molecule has 3 nitrogen and oxygen atoms in total. The minimum absolute atomic E-state index is 0.625.